The zero-order chi connectivity index (χ0) is 24.8. The summed E-state index contributed by atoms with van der Waals surface area (Å²) in [5.74, 6) is 1.10. The number of aryl methyl sites for hydroxylation is 1. The lowest BCUT2D eigenvalue weighted by molar-refractivity contribution is -0.133. The molecule has 35 heavy (non-hydrogen) atoms. The Hall–Kier alpha value is -3.03. The minimum absolute atomic E-state index is 0.0388. The smallest absolute Gasteiger partial charge is 0.239 e. The Morgan fingerprint density at radius 1 is 1.09 bits per heavy atom. The van der Waals surface area contributed by atoms with Gasteiger partial charge in [-0.1, -0.05) is 60.7 Å². The van der Waals surface area contributed by atoms with Crippen molar-refractivity contribution in [1.82, 2.24) is 20.0 Å². The first-order chi connectivity index (χ1) is 16.8. The number of benzene rings is 2. The molecule has 1 aliphatic heterocycles. The summed E-state index contributed by atoms with van der Waals surface area (Å²) < 4.78 is 6.22. The molecule has 0 radical (unpaired) electrons. The fourth-order valence-electron chi connectivity index (χ4n) is 4.81. The third-order valence-corrected chi connectivity index (χ3v) is 6.83. The number of rotatable bonds is 11. The zero-order valence-electron chi connectivity index (χ0n) is 21.1. The van der Waals surface area contributed by atoms with Crippen molar-refractivity contribution in [3.63, 3.8) is 0 Å². The maximum atomic E-state index is 13.4. The van der Waals surface area contributed by atoms with Gasteiger partial charge in [0.05, 0.1) is 5.54 Å². The number of nitrogens with zero attached hydrogens (tertiary/aromatic N) is 4. The van der Waals surface area contributed by atoms with Crippen molar-refractivity contribution in [2.24, 2.45) is 11.7 Å². The fraction of sp³-hybridized carbons (Fsp3) is 0.464. The largest absolute Gasteiger partial charge is 0.421 e. The van der Waals surface area contributed by atoms with Gasteiger partial charge in [-0.25, -0.2) is 0 Å². The predicted molar refractivity (Wildman–Crippen MR) is 136 cm³/mol. The summed E-state index contributed by atoms with van der Waals surface area (Å²) >= 11 is 0. The van der Waals surface area contributed by atoms with Crippen LogP contribution in [0.1, 0.15) is 55.1 Å². The normalized spacial score (nSPS) is 18.7. The van der Waals surface area contributed by atoms with Crippen LogP contribution in [0.4, 0.5) is 0 Å². The number of hydrogen-bond acceptors (Lipinski definition) is 6. The molecule has 1 aromatic heterocycles. The number of likely N-dealkylation sites (tertiary alicyclic amines) is 1. The summed E-state index contributed by atoms with van der Waals surface area (Å²) in [6, 6.07) is 20.1. The van der Waals surface area contributed by atoms with E-state index in [9.17, 15) is 4.79 Å². The highest BCUT2D eigenvalue weighted by Crippen LogP contribution is 2.34. The number of carbonyl (C=O) groups excluding carboxylic acids is 1. The second kappa shape index (κ2) is 11.1. The molecule has 3 aromatic rings. The number of nitrogens with two attached hydrogens (primary N) is 1. The van der Waals surface area contributed by atoms with E-state index in [1.54, 1.807) is 0 Å². The predicted octanol–water partition coefficient (Wildman–Crippen LogP) is 3.96. The molecule has 186 valence electrons. The molecule has 2 aromatic carbocycles. The van der Waals surface area contributed by atoms with E-state index in [0.717, 1.165) is 37.8 Å². The van der Waals surface area contributed by atoms with E-state index in [1.807, 2.05) is 74.4 Å². The molecule has 0 bridgehead atoms. The first-order valence-corrected chi connectivity index (χ1v) is 12.5. The molecule has 0 saturated carbocycles. The minimum atomic E-state index is -0.806. The second-order valence-corrected chi connectivity index (χ2v) is 10.2. The van der Waals surface area contributed by atoms with E-state index in [-0.39, 0.29) is 17.9 Å². The minimum Gasteiger partial charge on any atom is -0.421 e. The quantitative estimate of drug-likeness (QED) is 0.452. The molecule has 2 N–H and O–H groups in total. The maximum Gasteiger partial charge on any atom is 0.239 e. The summed E-state index contributed by atoms with van der Waals surface area (Å²) in [6.45, 7) is 3.52. The molecule has 7 heteroatoms. The average molecular weight is 476 g/mol. The number of amides is 1. The fourth-order valence-corrected chi connectivity index (χ4v) is 4.81. The van der Waals surface area contributed by atoms with Crippen molar-refractivity contribution >= 4 is 5.91 Å². The Bertz CT molecular complexity index is 1080. The van der Waals surface area contributed by atoms with Crippen LogP contribution < -0.4 is 5.73 Å². The van der Waals surface area contributed by atoms with E-state index < -0.39 is 5.54 Å². The molecule has 4 rings (SSSR count). The lowest BCUT2D eigenvalue weighted by Gasteiger charge is -2.26. The van der Waals surface area contributed by atoms with Crippen LogP contribution in [0.15, 0.2) is 65.1 Å². The van der Waals surface area contributed by atoms with Gasteiger partial charge >= 0.3 is 0 Å². The van der Waals surface area contributed by atoms with Crippen LogP contribution >= 0.6 is 0 Å². The van der Waals surface area contributed by atoms with E-state index in [2.05, 4.69) is 27.2 Å². The maximum absolute atomic E-state index is 13.4. The Kier molecular flexibility index (Phi) is 7.98. The van der Waals surface area contributed by atoms with Crippen molar-refractivity contribution in [3.8, 4) is 0 Å². The molecule has 7 nitrogen and oxygen atoms in total. The van der Waals surface area contributed by atoms with Gasteiger partial charge in [0.15, 0.2) is 0 Å². The lowest BCUT2D eigenvalue weighted by atomic mass is 9.94. The van der Waals surface area contributed by atoms with Gasteiger partial charge in [0.2, 0.25) is 17.7 Å². The Labute approximate surface area is 208 Å². The van der Waals surface area contributed by atoms with E-state index >= 15 is 0 Å². The first-order valence-electron chi connectivity index (χ1n) is 12.5. The number of carbonyl (C=O) groups is 1. The van der Waals surface area contributed by atoms with Crippen molar-refractivity contribution in [3.05, 3.63) is 83.6 Å². The van der Waals surface area contributed by atoms with Crippen LogP contribution in [0.3, 0.4) is 0 Å². The molecule has 2 heterocycles. The summed E-state index contributed by atoms with van der Waals surface area (Å²) in [5, 5.41) is 8.76. The number of aromatic nitrogens is 2. The highest BCUT2D eigenvalue weighted by molar-refractivity contribution is 5.81. The zero-order valence-corrected chi connectivity index (χ0v) is 21.1. The monoisotopic (exact) mass is 475 g/mol. The van der Waals surface area contributed by atoms with Crippen LogP contribution in [-0.4, -0.2) is 53.1 Å². The molecule has 2 unspecified atom stereocenters. The third-order valence-electron chi connectivity index (χ3n) is 6.83. The van der Waals surface area contributed by atoms with Gasteiger partial charge in [-0.05, 0) is 70.8 Å². The van der Waals surface area contributed by atoms with Crippen LogP contribution in [0.5, 0.6) is 0 Å². The standard InChI is InChI=1S/C28H37N5O2/c1-28(29,20-22-12-8-5-9-13-22)27-31-30-25(35-27)24(15-14-21-10-6-4-7-11-21)33-19-17-23(26(33)34)16-18-32(2)3/h4-13,23-24H,14-20,29H2,1-3H3/t23?,24?,28-/m1/s1. The lowest BCUT2D eigenvalue weighted by Crippen LogP contribution is -2.36. The Morgan fingerprint density at radius 2 is 1.74 bits per heavy atom. The van der Waals surface area contributed by atoms with Crippen molar-refractivity contribution in [2.45, 2.75) is 50.6 Å². The van der Waals surface area contributed by atoms with Gasteiger partial charge in [0.25, 0.3) is 0 Å². The van der Waals surface area contributed by atoms with Crippen LogP contribution in [0, 0.1) is 5.92 Å². The molecule has 1 aliphatic rings. The second-order valence-electron chi connectivity index (χ2n) is 10.2. The van der Waals surface area contributed by atoms with E-state index in [4.69, 9.17) is 10.2 Å². The molecule has 1 fully saturated rings. The van der Waals surface area contributed by atoms with Gasteiger partial charge in [-0.15, -0.1) is 10.2 Å². The Morgan fingerprint density at radius 3 is 2.40 bits per heavy atom. The SMILES string of the molecule is CN(C)CCC1CCN(C(CCc2ccccc2)c2nnc([C@](C)(N)Cc3ccccc3)o2)C1=O. The molecule has 3 atom stereocenters. The van der Waals surface area contributed by atoms with Gasteiger partial charge in [-0.3, -0.25) is 4.79 Å². The van der Waals surface area contributed by atoms with E-state index in [0.29, 0.717) is 24.7 Å². The molecular weight excluding hydrogens is 438 g/mol. The van der Waals surface area contributed by atoms with Crippen molar-refractivity contribution in [1.29, 1.82) is 0 Å². The van der Waals surface area contributed by atoms with Crippen LogP contribution in [0.25, 0.3) is 0 Å². The summed E-state index contributed by atoms with van der Waals surface area (Å²) in [5.41, 5.74) is 8.16. The summed E-state index contributed by atoms with van der Waals surface area (Å²) in [6.07, 6.45) is 3.84. The summed E-state index contributed by atoms with van der Waals surface area (Å²) in [7, 11) is 4.08. The molecule has 0 aliphatic carbocycles. The van der Waals surface area contributed by atoms with Gasteiger partial charge in [0.1, 0.15) is 6.04 Å². The van der Waals surface area contributed by atoms with Crippen molar-refractivity contribution in [2.75, 3.05) is 27.2 Å². The third kappa shape index (κ3) is 6.35. The van der Waals surface area contributed by atoms with Gasteiger partial charge < -0.3 is 20.0 Å². The first kappa shape index (κ1) is 25.1. The summed E-state index contributed by atoms with van der Waals surface area (Å²) in [4.78, 5) is 17.5. The van der Waals surface area contributed by atoms with Crippen molar-refractivity contribution < 1.29 is 9.21 Å². The Balaban J connectivity index is 1.54. The topological polar surface area (TPSA) is 88.5 Å². The van der Waals surface area contributed by atoms with Crippen LogP contribution in [0.2, 0.25) is 0 Å². The van der Waals surface area contributed by atoms with E-state index in [1.165, 1.54) is 5.56 Å². The highest BCUT2D eigenvalue weighted by Gasteiger charge is 2.39. The van der Waals surface area contributed by atoms with Gasteiger partial charge in [-0.2, -0.15) is 0 Å². The van der Waals surface area contributed by atoms with Gasteiger partial charge in [0, 0.05) is 12.5 Å². The molecular formula is C28H37N5O2. The number of hydrogen-bond donors (Lipinski definition) is 1. The molecule has 1 amide bonds. The highest BCUT2D eigenvalue weighted by atomic mass is 16.4. The van der Waals surface area contributed by atoms with Crippen LogP contribution in [-0.2, 0) is 23.2 Å². The molecule has 0 spiro atoms. The average Bonchev–Trinajstić information content (AvgIpc) is 3.47. The molecule has 1 saturated heterocycles.